The summed E-state index contributed by atoms with van der Waals surface area (Å²) in [5.74, 6) is -1.23. The van der Waals surface area contributed by atoms with E-state index in [0.717, 1.165) is 16.8 Å². The van der Waals surface area contributed by atoms with Crippen molar-refractivity contribution in [1.82, 2.24) is 0 Å². The molecule has 0 unspecified atom stereocenters. The molecule has 0 bridgehead atoms. The monoisotopic (exact) mass is 429 g/mol. The Morgan fingerprint density at radius 2 is 1.59 bits per heavy atom. The first-order valence-electron chi connectivity index (χ1n) is 10.3. The number of carbonyl (C=O) groups excluding carboxylic acids is 2. The van der Waals surface area contributed by atoms with Gasteiger partial charge in [-0.25, -0.2) is 9.29 Å². The third-order valence-electron chi connectivity index (χ3n) is 5.45. The topological polar surface area (TPSA) is 52.7 Å². The number of amides is 2. The van der Waals surface area contributed by atoms with E-state index in [0.29, 0.717) is 22.5 Å². The van der Waals surface area contributed by atoms with Crippen molar-refractivity contribution in [2.75, 3.05) is 29.2 Å². The summed E-state index contributed by atoms with van der Waals surface area (Å²) in [6, 6.07) is 18.7. The van der Waals surface area contributed by atoms with Crippen LogP contribution < -0.4 is 15.1 Å². The van der Waals surface area contributed by atoms with Crippen molar-refractivity contribution in [3.05, 3.63) is 94.9 Å². The molecule has 2 amide bonds. The van der Waals surface area contributed by atoms with Crippen LogP contribution in [0, 0.1) is 19.7 Å². The molecule has 0 atom stereocenters. The standard InChI is InChI=1S/C26H24FN3O2/c1-16-8-13-22(17(2)14-16)23-24(28-19-11-9-18(27)10-12-19)26(32)30(25(23)31)21-7-5-6-20(15-21)29(3)4/h5-15,28H,1-4H3. The van der Waals surface area contributed by atoms with Crippen LogP contribution in [0.5, 0.6) is 0 Å². The van der Waals surface area contributed by atoms with E-state index in [2.05, 4.69) is 5.32 Å². The van der Waals surface area contributed by atoms with Crippen molar-refractivity contribution in [2.45, 2.75) is 13.8 Å². The molecule has 0 saturated heterocycles. The molecule has 5 nitrogen and oxygen atoms in total. The van der Waals surface area contributed by atoms with Crippen molar-refractivity contribution < 1.29 is 14.0 Å². The van der Waals surface area contributed by atoms with Crippen molar-refractivity contribution in [3.63, 3.8) is 0 Å². The quantitative estimate of drug-likeness (QED) is 0.586. The highest BCUT2D eigenvalue weighted by Crippen LogP contribution is 2.36. The average Bonchev–Trinajstić information content (AvgIpc) is 2.99. The summed E-state index contributed by atoms with van der Waals surface area (Å²) >= 11 is 0. The lowest BCUT2D eigenvalue weighted by molar-refractivity contribution is -0.120. The predicted octanol–water partition coefficient (Wildman–Crippen LogP) is 4.91. The van der Waals surface area contributed by atoms with Crippen LogP contribution >= 0.6 is 0 Å². The Bertz CT molecular complexity index is 1250. The zero-order valence-corrected chi connectivity index (χ0v) is 18.4. The Hall–Kier alpha value is -3.93. The van der Waals surface area contributed by atoms with E-state index < -0.39 is 11.8 Å². The number of anilines is 3. The highest BCUT2D eigenvalue weighted by molar-refractivity contribution is 6.46. The molecule has 3 aromatic rings. The average molecular weight is 429 g/mol. The summed E-state index contributed by atoms with van der Waals surface area (Å²) in [5.41, 5.74) is 4.99. The summed E-state index contributed by atoms with van der Waals surface area (Å²) in [6.45, 7) is 3.89. The second kappa shape index (κ2) is 8.30. The highest BCUT2D eigenvalue weighted by atomic mass is 19.1. The van der Waals surface area contributed by atoms with Gasteiger partial charge >= 0.3 is 0 Å². The number of aryl methyl sites for hydroxylation is 2. The van der Waals surface area contributed by atoms with E-state index in [4.69, 9.17) is 0 Å². The summed E-state index contributed by atoms with van der Waals surface area (Å²) in [7, 11) is 3.79. The molecule has 32 heavy (non-hydrogen) atoms. The number of halogens is 1. The second-order valence-electron chi connectivity index (χ2n) is 8.06. The van der Waals surface area contributed by atoms with Crippen LogP contribution in [0.2, 0.25) is 0 Å². The van der Waals surface area contributed by atoms with Gasteiger partial charge in [-0.2, -0.15) is 0 Å². The van der Waals surface area contributed by atoms with Crippen molar-refractivity contribution in [3.8, 4) is 0 Å². The van der Waals surface area contributed by atoms with Crippen LogP contribution in [0.4, 0.5) is 21.5 Å². The Morgan fingerprint density at radius 3 is 2.25 bits per heavy atom. The Morgan fingerprint density at radius 1 is 0.875 bits per heavy atom. The smallest absolute Gasteiger partial charge is 0.282 e. The molecule has 1 heterocycles. The SMILES string of the molecule is Cc1ccc(C2=C(Nc3ccc(F)cc3)C(=O)N(c3cccc(N(C)C)c3)C2=O)c(C)c1. The van der Waals surface area contributed by atoms with Gasteiger partial charge < -0.3 is 10.2 Å². The molecule has 1 aliphatic rings. The van der Waals surface area contributed by atoms with E-state index in [1.807, 2.05) is 63.2 Å². The van der Waals surface area contributed by atoms with E-state index >= 15 is 0 Å². The van der Waals surface area contributed by atoms with Gasteiger partial charge in [-0.05, 0) is 67.4 Å². The molecule has 1 N–H and O–H groups in total. The Labute approximate surface area is 186 Å². The number of hydrogen-bond donors (Lipinski definition) is 1. The molecule has 0 saturated carbocycles. The summed E-state index contributed by atoms with van der Waals surface area (Å²) in [6.07, 6.45) is 0. The molecule has 0 spiro atoms. The van der Waals surface area contributed by atoms with E-state index in [-0.39, 0.29) is 11.5 Å². The second-order valence-corrected chi connectivity index (χ2v) is 8.06. The minimum atomic E-state index is -0.454. The van der Waals surface area contributed by atoms with E-state index in [9.17, 15) is 14.0 Å². The van der Waals surface area contributed by atoms with Crippen LogP contribution in [-0.2, 0) is 9.59 Å². The first kappa shape index (κ1) is 21.3. The lowest BCUT2D eigenvalue weighted by atomic mass is 9.97. The number of nitrogens with zero attached hydrogens (tertiary/aromatic N) is 2. The maximum atomic E-state index is 13.6. The van der Waals surface area contributed by atoms with Gasteiger partial charge in [-0.3, -0.25) is 9.59 Å². The molecule has 6 heteroatoms. The highest BCUT2D eigenvalue weighted by Gasteiger charge is 2.40. The molecule has 4 rings (SSSR count). The molecule has 0 aromatic heterocycles. The minimum absolute atomic E-state index is 0.170. The fourth-order valence-corrected chi connectivity index (χ4v) is 3.81. The zero-order chi connectivity index (χ0) is 23.0. The maximum Gasteiger partial charge on any atom is 0.282 e. The molecule has 1 aliphatic heterocycles. The lowest BCUT2D eigenvalue weighted by Crippen LogP contribution is -2.32. The lowest BCUT2D eigenvalue weighted by Gasteiger charge is -2.19. The van der Waals surface area contributed by atoms with Gasteiger partial charge in [-0.15, -0.1) is 0 Å². The third kappa shape index (κ3) is 3.87. The molecule has 3 aromatic carbocycles. The van der Waals surface area contributed by atoms with Crippen molar-refractivity contribution >= 4 is 34.4 Å². The van der Waals surface area contributed by atoms with Crippen LogP contribution in [0.15, 0.2) is 72.4 Å². The van der Waals surface area contributed by atoms with Gasteiger partial charge in [0.15, 0.2) is 0 Å². The number of rotatable bonds is 5. The Balaban J connectivity index is 1.84. The summed E-state index contributed by atoms with van der Waals surface area (Å²) in [5, 5.41) is 3.07. The molecule has 0 fully saturated rings. The van der Waals surface area contributed by atoms with E-state index in [1.54, 1.807) is 12.1 Å². The van der Waals surface area contributed by atoms with Gasteiger partial charge in [-0.1, -0.05) is 29.8 Å². The van der Waals surface area contributed by atoms with Gasteiger partial charge in [0.1, 0.15) is 11.5 Å². The summed E-state index contributed by atoms with van der Waals surface area (Å²) in [4.78, 5) is 30.2. The normalized spacial score (nSPS) is 13.7. The van der Waals surface area contributed by atoms with Gasteiger partial charge in [0.2, 0.25) is 0 Å². The number of carbonyl (C=O) groups is 2. The predicted molar refractivity (Wildman–Crippen MR) is 126 cm³/mol. The minimum Gasteiger partial charge on any atom is -0.378 e. The van der Waals surface area contributed by atoms with Crippen LogP contribution in [0.25, 0.3) is 5.57 Å². The summed E-state index contributed by atoms with van der Waals surface area (Å²) < 4.78 is 13.4. The number of nitrogens with one attached hydrogen (secondary N) is 1. The third-order valence-corrected chi connectivity index (χ3v) is 5.45. The van der Waals surface area contributed by atoms with Crippen molar-refractivity contribution in [1.29, 1.82) is 0 Å². The van der Waals surface area contributed by atoms with Crippen LogP contribution in [-0.4, -0.2) is 25.9 Å². The molecule has 0 radical (unpaired) electrons. The Kier molecular flexibility index (Phi) is 5.53. The first-order valence-corrected chi connectivity index (χ1v) is 10.3. The largest absolute Gasteiger partial charge is 0.378 e. The molecular weight excluding hydrogens is 405 g/mol. The molecular formula is C26H24FN3O2. The van der Waals surface area contributed by atoms with Gasteiger partial charge in [0, 0.05) is 25.5 Å². The fraction of sp³-hybridized carbons (Fsp3) is 0.154. The maximum absolute atomic E-state index is 13.6. The van der Waals surface area contributed by atoms with Crippen LogP contribution in [0.1, 0.15) is 16.7 Å². The number of benzene rings is 3. The van der Waals surface area contributed by atoms with Gasteiger partial charge in [0.25, 0.3) is 11.8 Å². The molecule has 0 aliphatic carbocycles. The fourth-order valence-electron chi connectivity index (χ4n) is 3.81. The zero-order valence-electron chi connectivity index (χ0n) is 18.4. The van der Waals surface area contributed by atoms with E-state index in [1.165, 1.54) is 29.2 Å². The molecule has 162 valence electrons. The number of hydrogen-bond acceptors (Lipinski definition) is 4. The number of imide groups is 1. The van der Waals surface area contributed by atoms with Crippen molar-refractivity contribution in [2.24, 2.45) is 0 Å². The van der Waals surface area contributed by atoms with Gasteiger partial charge in [0.05, 0.1) is 11.3 Å². The first-order chi connectivity index (χ1) is 15.3. The van der Waals surface area contributed by atoms with Crippen LogP contribution in [0.3, 0.4) is 0 Å².